The number of nitrogens with zero attached hydrogens (tertiary/aromatic N) is 2. The van der Waals surface area contributed by atoms with Crippen LogP contribution in [-0.2, 0) is 13.1 Å². The van der Waals surface area contributed by atoms with Crippen LogP contribution in [0.3, 0.4) is 0 Å². The van der Waals surface area contributed by atoms with Crippen LogP contribution in [0.15, 0.2) is 12.4 Å². The van der Waals surface area contributed by atoms with Crippen molar-refractivity contribution in [2.75, 3.05) is 18.6 Å². The van der Waals surface area contributed by atoms with Crippen molar-refractivity contribution in [3.05, 3.63) is 18.2 Å². The molecule has 14 heavy (non-hydrogen) atoms. The molecule has 0 spiro atoms. The van der Waals surface area contributed by atoms with E-state index in [0.29, 0.717) is 0 Å². The molecule has 1 aromatic heterocycles. The van der Waals surface area contributed by atoms with Crippen molar-refractivity contribution in [2.45, 2.75) is 26.4 Å². The van der Waals surface area contributed by atoms with Crippen LogP contribution in [0, 0.1) is 0 Å². The third kappa shape index (κ3) is 3.72. The number of nitrogens with one attached hydrogen (secondary N) is 1. The number of hydrogen-bond acceptors (Lipinski definition) is 3. The summed E-state index contributed by atoms with van der Waals surface area (Å²) in [6, 6.07) is 0. The average molecular weight is 213 g/mol. The van der Waals surface area contributed by atoms with Gasteiger partial charge in [-0.15, -0.1) is 0 Å². The first-order valence-electron chi connectivity index (χ1n) is 5.08. The summed E-state index contributed by atoms with van der Waals surface area (Å²) in [5.74, 6) is 2.37. The van der Waals surface area contributed by atoms with E-state index in [2.05, 4.69) is 34.2 Å². The van der Waals surface area contributed by atoms with Gasteiger partial charge in [0.05, 0.1) is 6.54 Å². The van der Waals surface area contributed by atoms with Gasteiger partial charge >= 0.3 is 0 Å². The van der Waals surface area contributed by atoms with Crippen LogP contribution in [0.5, 0.6) is 0 Å². The molecule has 0 aliphatic rings. The summed E-state index contributed by atoms with van der Waals surface area (Å²) in [6.45, 7) is 5.07. The van der Waals surface area contributed by atoms with E-state index < -0.39 is 0 Å². The molecule has 0 fully saturated rings. The normalized spacial score (nSPS) is 10.7. The predicted molar refractivity (Wildman–Crippen MR) is 62.6 cm³/mol. The maximum Gasteiger partial charge on any atom is 0.122 e. The minimum atomic E-state index is 0.878. The first kappa shape index (κ1) is 11.6. The van der Waals surface area contributed by atoms with Crippen molar-refractivity contribution in [3.63, 3.8) is 0 Å². The molecule has 0 radical (unpaired) electrons. The first-order valence-corrected chi connectivity index (χ1v) is 6.47. The topological polar surface area (TPSA) is 29.9 Å². The van der Waals surface area contributed by atoms with Crippen molar-refractivity contribution >= 4 is 11.8 Å². The van der Waals surface area contributed by atoms with Gasteiger partial charge in [0.15, 0.2) is 0 Å². The summed E-state index contributed by atoms with van der Waals surface area (Å²) in [6.07, 6.45) is 7.31. The second kappa shape index (κ2) is 6.90. The number of thioether (sulfide) groups is 1. The van der Waals surface area contributed by atoms with Crippen molar-refractivity contribution in [2.24, 2.45) is 0 Å². The molecule has 0 bridgehead atoms. The highest BCUT2D eigenvalue weighted by Crippen LogP contribution is 2.02. The molecule has 1 rings (SSSR count). The quantitative estimate of drug-likeness (QED) is 0.700. The van der Waals surface area contributed by atoms with Crippen LogP contribution in [0.4, 0.5) is 0 Å². The van der Waals surface area contributed by atoms with Crippen molar-refractivity contribution in [3.8, 4) is 0 Å². The summed E-state index contributed by atoms with van der Waals surface area (Å²) < 4.78 is 2.24. The van der Waals surface area contributed by atoms with Gasteiger partial charge in [-0.3, -0.25) is 0 Å². The number of aryl methyl sites for hydroxylation is 1. The lowest BCUT2D eigenvalue weighted by molar-refractivity contribution is 0.601. The fourth-order valence-corrected chi connectivity index (χ4v) is 1.74. The van der Waals surface area contributed by atoms with Crippen molar-refractivity contribution in [1.82, 2.24) is 14.9 Å². The van der Waals surface area contributed by atoms with Crippen molar-refractivity contribution < 1.29 is 0 Å². The molecule has 4 heteroatoms. The van der Waals surface area contributed by atoms with Crippen LogP contribution >= 0.6 is 11.8 Å². The third-order valence-electron chi connectivity index (χ3n) is 2.08. The van der Waals surface area contributed by atoms with Gasteiger partial charge in [0.2, 0.25) is 0 Å². The van der Waals surface area contributed by atoms with Crippen LogP contribution < -0.4 is 5.32 Å². The van der Waals surface area contributed by atoms with Gasteiger partial charge in [0, 0.05) is 18.9 Å². The molecule has 0 atom stereocenters. The summed E-state index contributed by atoms with van der Waals surface area (Å²) in [5, 5.41) is 3.29. The molecule has 0 saturated heterocycles. The summed E-state index contributed by atoms with van der Waals surface area (Å²) in [5.41, 5.74) is 0. The molecular formula is C10H19N3S. The highest BCUT2D eigenvalue weighted by Gasteiger charge is 2.00. The zero-order valence-electron chi connectivity index (χ0n) is 8.99. The molecule has 1 heterocycles. The van der Waals surface area contributed by atoms with Gasteiger partial charge in [0.25, 0.3) is 0 Å². The van der Waals surface area contributed by atoms with E-state index in [9.17, 15) is 0 Å². The molecule has 3 nitrogen and oxygen atoms in total. The largest absolute Gasteiger partial charge is 0.334 e. The molecule has 0 saturated carbocycles. The fourth-order valence-electron chi connectivity index (χ4n) is 1.33. The minimum absolute atomic E-state index is 0.878. The van der Waals surface area contributed by atoms with Gasteiger partial charge in [-0.05, 0) is 25.0 Å². The molecule has 1 N–H and O–H groups in total. The Labute approximate surface area is 90.3 Å². The Morgan fingerprint density at radius 2 is 2.43 bits per heavy atom. The van der Waals surface area contributed by atoms with Gasteiger partial charge in [-0.1, -0.05) is 6.92 Å². The monoisotopic (exact) mass is 213 g/mol. The van der Waals surface area contributed by atoms with E-state index in [1.165, 1.54) is 12.2 Å². The summed E-state index contributed by atoms with van der Waals surface area (Å²) in [4.78, 5) is 4.33. The van der Waals surface area contributed by atoms with E-state index >= 15 is 0 Å². The van der Waals surface area contributed by atoms with E-state index in [0.717, 1.165) is 25.5 Å². The Morgan fingerprint density at radius 3 is 3.14 bits per heavy atom. The van der Waals surface area contributed by atoms with Crippen LogP contribution in [0.1, 0.15) is 19.2 Å². The fraction of sp³-hybridized carbons (Fsp3) is 0.700. The van der Waals surface area contributed by atoms with E-state index in [1.807, 2.05) is 18.0 Å². The Hall–Kier alpha value is -0.480. The Kier molecular flexibility index (Phi) is 5.71. The van der Waals surface area contributed by atoms with Gasteiger partial charge in [0.1, 0.15) is 5.82 Å². The highest BCUT2D eigenvalue weighted by atomic mass is 32.2. The maximum absolute atomic E-state index is 4.33. The molecule has 80 valence electrons. The molecule has 0 unspecified atom stereocenters. The molecule has 0 aliphatic carbocycles. The molecule has 0 aliphatic heterocycles. The highest BCUT2D eigenvalue weighted by molar-refractivity contribution is 7.98. The zero-order chi connectivity index (χ0) is 10.2. The third-order valence-corrected chi connectivity index (χ3v) is 2.78. The van der Waals surface area contributed by atoms with Gasteiger partial charge in [-0.2, -0.15) is 11.8 Å². The summed E-state index contributed by atoms with van der Waals surface area (Å²) >= 11 is 1.90. The van der Waals surface area contributed by atoms with Crippen LogP contribution in [-0.4, -0.2) is 28.1 Å². The number of hydrogen-bond donors (Lipinski definition) is 1. The smallest absolute Gasteiger partial charge is 0.122 e. The molecular weight excluding hydrogens is 194 g/mol. The van der Waals surface area contributed by atoms with E-state index in [1.54, 1.807) is 0 Å². The maximum atomic E-state index is 4.33. The number of imidazole rings is 1. The standard InChI is InChI=1S/C10H19N3S/c1-3-11-9-10-12-5-7-13(10)6-4-8-14-2/h5,7,11H,3-4,6,8-9H2,1-2H3. The van der Waals surface area contributed by atoms with Crippen molar-refractivity contribution in [1.29, 1.82) is 0 Å². The van der Waals surface area contributed by atoms with E-state index in [-0.39, 0.29) is 0 Å². The number of aromatic nitrogens is 2. The van der Waals surface area contributed by atoms with Crippen LogP contribution in [0.2, 0.25) is 0 Å². The molecule has 1 aromatic rings. The first-order chi connectivity index (χ1) is 6.88. The summed E-state index contributed by atoms with van der Waals surface area (Å²) in [7, 11) is 0. The minimum Gasteiger partial charge on any atom is -0.334 e. The lowest BCUT2D eigenvalue weighted by Gasteiger charge is -2.07. The van der Waals surface area contributed by atoms with Gasteiger partial charge < -0.3 is 9.88 Å². The molecule has 0 amide bonds. The Balaban J connectivity index is 2.37. The lowest BCUT2D eigenvalue weighted by atomic mass is 10.4. The average Bonchev–Trinajstić information content (AvgIpc) is 2.63. The Morgan fingerprint density at radius 1 is 1.57 bits per heavy atom. The van der Waals surface area contributed by atoms with Crippen LogP contribution in [0.25, 0.3) is 0 Å². The second-order valence-electron chi connectivity index (χ2n) is 3.16. The predicted octanol–water partition coefficient (Wildman–Crippen LogP) is 1.75. The molecule has 0 aromatic carbocycles. The van der Waals surface area contributed by atoms with E-state index in [4.69, 9.17) is 0 Å². The van der Waals surface area contributed by atoms with Gasteiger partial charge in [-0.25, -0.2) is 4.98 Å². The zero-order valence-corrected chi connectivity index (χ0v) is 9.81. The number of rotatable bonds is 7. The Bertz CT molecular complexity index is 247. The lowest BCUT2D eigenvalue weighted by Crippen LogP contribution is -2.16. The SMILES string of the molecule is CCNCc1nccn1CCCSC. The second-order valence-corrected chi connectivity index (χ2v) is 4.15.